The van der Waals surface area contributed by atoms with E-state index in [9.17, 15) is 13.2 Å². The zero-order valence-corrected chi connectivity index (χ0v) is 9.58. The fourth-order valence-corrected chi connectivity index (χ4v) is 1.31. The first-order chi connectivity index (χ1) is 6.93. The number of hydrogen-bond donors (Lipinski definition) is 1. The molecule has 0 saturated carbocycles. The summed E-state index contributed by atoms with van der Waals surface area (Å²) in [6.07, 6.45) is 0.335. The van der Waals surface area contributed by atoms with Gasteiger partial charge in [-0.1, -0.05) is 11.6 Å². The lowest BCUT2D eigenvalue weighted by Gasteiger charge is -2.13. The predicted molar refractivity (Wildman–Crippen MR) is 59.9 cm³/mol. The van der Waals surface area contributed by atoms with Crippen LogP contribution in [0.3, 0.4) is 0 Å². The standard InChI is InChI=1S/C11H12F3N.ClH/c1-6(2)5-9(15)7-3-4-8(12)11(14)10(7)13;/h3-4,9H,1,5,15H2,2H3;1H/t9-;/m1./s1. The van der Waals surface area contributed by atoms with Crippen molar-refractivity contribution in [1.82, 2.24) is 0 Å². The highest BCUT2D eigenvalue weighted by Crippen LogP contribution is 2.23. The monoisotopic (exact) mass is 251 g/mol. The summed E-state index contributed by atoms with van der Waals surface area (Å²) in [7, 11) is 0. The summed E-state index contributed by atoms with van der Waals surface area (Å²) in [6.45, 7) is 5.35. The Hall–Kier alpha value is -1.00. The van der Waals surface area contributed by atoms with Gasteiger partial charge in [-0.15, -0.1) is 19.0 Å². The van der Waals surface area contributed by atoms with E-state index < -0.39 is 23.5 Å². The average molecular weight is 252 g/mol. The van der Waals surface area contributed by atoms with Gasteiger partial charge in [0.05, 0.1) is 0 Å². The molecule has 0 aliphatic heterocycles. The molecule has 0 fully saturated rings. The van der Waals surface area contributed by atoms with Gasteiger partial charge < -0.3 is 5.73 Å². The first kappa shape index (κ1) is 15.0. The minimum atomic E-state index is -1.48. The van der Waals surface area contributed by atoms with E-state index in [-0.39, 0.29) is 18.0 Å². The fraction of sp³-hybridized carbons (Fsp3) is 0.273. The van der Waals surface area contributed by atoms with Crippen molar-refractivity contribution in [2.45, 2.75) is 19.4 Å². The van der Waals surface area contributed by atoms with Gasteiger partial charge in [-0.25, -0.2) is 13.2 Å². The quantitative estimate of drug-likeness (QED) is 0.646. The highest BCUT2D eigenvalue weighted by Gasteiger charge is 2.17. The average Bonchev–Trinajstić information content (AvgIpc) is 2.13. The van der Waals surface area contributed by atoms with Crippen molar-refractivity contribution in [3.05, 3.63) is 47.3 Å². The summed E-state index contributed by atoms with van der Waals surface area (Å²) >= 11 is 0. The summed E-state index contributed by atoms with van der Waals surface area (Å²) in [5.74, 6) is -3.91. The van der Waals surface area contributed by atoms with Gasteiger partial charge >= 0.3 is 0 Å². The molecule has 0 amide bonds. The van der Waals surface area contributed by atoms with Gasteiger partial charge in [-0.3, -0.25) is 0 Å². The number of hydrogen-bond acceptors (Lipinski definition) is 1. The van der Waals surface area contributed by atoms with Crippen molar-refractivity contribution in [1.29, 1.82) is 0 Å². The predicted octanol–water partition coefficient (Wildman–Crippen LogP) is 3.49. The number of rotatable bonds is 3. The van der Waals surface area contributed by atoms with Crippen molar-refractivity contribution in [3.8, 4) is 0 Å². The van der Waals surface area contributed by atoms with E-state index in [0.717, 1.165) is 17.7 Å². The van der Waals surface area contributed by atoms with E-state index in [1.807, 2.05) is 0 Å². The van der Waals surface area contributed by atoms with Crippen LogP contribution in [0.4, 0.5) is 13.2 Å². The van der Waals surface area contributed by atoms with Crippen molar-refractivity contribution in [3.63, 3.8) is 0 Å². The Balaban J connectivity index is 0.00000225. The molecule has 1 nitrogen and oxygen atoms in total. The van der Waals surface area contributed by atoms with Crippen LogP contribution in [0.1, 0.15) is 24.9 Å². The molecule has 0 unspecified atom stereocenters. The molecular weight excluding hydrogens is 239 g/mol. The minimum Gasteiger partial charge on any atom is -0.324 e. The lowest BCUT2D eigenvalue weighted by Crippen LogP contribution is -2.13. The second-order valence-corrected chi connectivity index (χ2v) is 3.53. The first-order valence-electron chi connectivity index (χ1n) is 4.46. The fourth-order valence-electron chi connectivity index (χ4n) is 1.31. The third-order valence-corrected chi connectivity index (χ3v) is 2.03. The SMILES string of the molecule is C=C(C)C[C@@H](N)c1ccc(F)c(F)c1F.Cl. The summed E-state index contributed by atoms with van der Waals surface area (Å²) in [6, 6.07) is 1.32. The molecule has 0 heterocycles. The van der Waals surface area contributed by atoms with Crippen molar-refractivity contribution < 1.29 is 13.2 Å². The van der Waals surface area contributed by atoms with Crippen molar-refractivity contribution in [2.24, 2.45) is 5.73 Å². The molecule has 1 atom stereocenters. The van der Waals surface area contributed by atoms with Crippen LogP contribution in [0.15, 0.2) is 24.3 Å². The summed E-state index contributed by atoms with van der Waals surface area (Å²) in [5.41, 5.74) is 6.35. The Labute approximate surface area is 98.6 Å². The third kappa shape index (κ3) is 3.25. The van der Waals surface area contributed by atoms with Crippen LogP contribution in [0.25, 0.3) is 0 Å². The largest absolute Gasteiger partial charge is 0.324 e. The van der Waals surface area contributed by atoms with Crippen LogP contribution in [0.2, 0.25) is 0 Å². The molecule has 0 saturated heterocycles. The van der Waals surface area contributed by atoms with E-state index >= 15 is 0 Å². The molecule has 0 radical (unpaired) electrons. The highest BCUT2D eigenvalue weighted by molar-refractivity contribution is 5.85. The van der Waals surface area contributed by atoms with Gasteiger partial charge in [0.1, 0.15) is 0 Å². The molecule has 16 heavy (non-hydrogen) atoms. The molecule has 0 aliphatic carbocycles. The molecule has 1 rings (SSSR count). The van der Waals surface area contributed by atoms with E-state index in [1.165, 1.54) is 0 Å². The third-order valence-electron chi connectivity index (χ3n) is 2.03. The van der Waals surface area contributed by atoms with Crippen LogP contribution in [-0.2, 0) is 0 Å². The second-order valence-electron chi connectivity index (χ2n) is 3.53. The van der Waals surface area contributed by atoms with E-state index in [0.29, 0.717) is 6.42 Å². The molecule has 0 bridgehead atoms. The lowest BCUT2D eigenvalue weighted by atomic mass is 10.0. The molecule has 2 N–H and O–H groups in total. The van der Waals surface area contributed by atoms with Crippen molar-refractivity contribution >= 4 is 12.4 Å². The van der Waals surface area contributed by atoms with Gasteiger partial charge in [0.25, 0.3) is 0 Å². The molecule has 0 spiro atoms. The van der Waals surface area contributed by atoms with Crippen LogP contribution in [0, 0.1) is 17.5 Å². The van der Waals surface area contributed by atoms with Gasteiger partial charge in [0, 0.05) is 11.6 Å². The number of benzene rings is 1. The highest BCUT2D eigenvalue weighted by atomic mass is 35.5. The zero-order valence-electron chi connectivity index (χ0n) is 8.77. The second kappa shape index (κ2) is 5.92. The summed E-state index contributed by atoms with van der Waals surface area (Å²) < 4.78 is 38.7. The Bertz CT molecular complexity index is 393. The maximum atomic E-state index is 13.2. The number of halogens is 4. The summed E-state index contributed by atoms with van der Waals surface area (Å²) in [4.78, 5) is 0. The molecule has 1 aromatic carbocycles. The first-order valence-corrected chi connectivity index (χ1v) is 4.46. The Morgan fingerprint density at radius 3 is 2.38 bits per heavy atom. The number of nitrogens with two attached hydrogens (primary N) is 1. The molecule has 0 aliphatic rings. The Kier molecular flexibility index (Phi) is 5.55. The molecule has 5 heteroatoms. The Morgan fingerprint density at radius 2 is 1.88 bits per heavy atom. The zero-order chi connectivity index (χ0) is 11.6. The van der Waals surface area contributed by atoms with Crippen molar-refractivity contribution in [2.75, 3.05) is 0 Å². The van der Waals surface area contributed by atoms with Crippen LogP contribution in [0.5, 0.6) is 0 Å². The normalized spacial score (nSPS) is 11.8. The lowest BCUT2D eigenvalue weighted by molar-refractivity contribution is 0.435. The molecule has 1 aromatic rings. The topological polar surface area (TPSA) is 26.0 Å². The summed E-state index contributed by atoms with van der Waals surface area (Å²) in [5, 5.41) is 0. The smallest absolute Gasteiger partial charge is 0.194 e. The van der Waals surface area contributed by atoms with Gasteiger partial charge in [-0.05, 0) is 19.4 Å². The van der Waals surface area contributed by atoms with Gasteiger partial charge in [0.2, 0.25) is 0 Å². The van der Waals surface area contributed by atoms with Crippen LogP contribution >= 0.6 is 12.4 Å². The maximum absolute atomic E-state index is 13.2. The van der Waals surface area contributed by atoms with E-state index in [2.05, 4.69) is 6.58 Å². The van der Waals surface area contributed by atoms with Gasteiger partial charge in [0.15, 0.2) is 17.5 Å². The molecular formula is C11H13ClF3N. The van der Waals surface area contributed by atoms with Crippen LogP contribution in [-0.4, -0.2) is 0 Å². The maximum Gasteiger partial charge on any atom is 0.194 e. The minimum absolute atomic E-state index is 0. The molecule has 90 valence electrons. The van der Waals surface area contributed by atoms with E-state index in [4.69, 9.17) is 5.73 Å². The van der Waals surface area contributed by atoms with Crippen LogP contribution < -0.4 is 5.73 Å². The Morgan fingerprint density at radius 1 is 1.31 bits per heavy atom. The molecule has 0 aromatic heterocycles. The van der Waals surface area contributed by atoms with Gasteiger partial charge in [-0.2, -0.15) is 0 Å². The van der Waals surface area contributed by atoms with E-state index in [1.54, 1.807) is 6.92 Å².